The molecule has 0 radical (unpaired) electrons. The van der Waals surface area contributed by atoms with Gasteiger partial charge in [-0.25, -0.2) is 4.98 Å². The van der Waals surface area contributed by atoms with Crippen LogP contribution in [0.25, 0.3) is 11.3 Å². The molecule has 2 aromatic rings. The third kappa shape index (κ3) is 2.16. The molecule has 1 saturated heterocycles. The molecule has 2 heterocycles. The molecule has 1 aliphatic rings. The van der Waals surface area contributed by atoms with Gasteiger partial charge in [0, 0.05) is 12.6 Å². The van der Waals surface area contributed by atoms with E-state index in [0.29, 0.717) is 6.04 Å². The Kier molecular flexibility index (Phi) is 3.38. The van der Waals surface area contributed by atoms with Crippen molar-refractivity contribution in [1.82, 2.24) is 14.9 Å². The molecule has 0 saturated carbocycles. The largest absolute Gasteiger partial charge is 0.330 e. The van der Waals surface area contributed by atoms with Gasteiger partial charge in [-0.1, -0.05) is 17.7 Å². The van der Waals surface area contributed by atoms with E-state index in [-0.39, 0.29) is 0 Å². The number of rotatable bonds is 2. The van der Waals surface area contributed by atoms with E-state index in [2.05, 4.69) is 54.8 Å². The van der Waals surface area contributed by atoms with Crippen LogP contribution in [0.5, 0.6) is 0 Å². The van der Waals surface area contributed by atoms with E-state index < -0.39 is 0 Å². The van der Waals surface area contributed by atoms with Gasteiger partial charge in [-0.2, -0.15) is 0 Å². The van der Waals surface area contributed by atoms with Gasteiger partial charge in [0.1, 0.15) is 5.82 Å². The summed E-state index contributed by atoms with van der Waals surface area (Å²) in [4.78, 5) is 4.68. The van der Waals surface area contributed by atoms with E-state index >= 15 is 0 Å². The van der Waals surface area contributed by atoms with Gasteiger partial charge in [-0.15, -0.1) is 0 Å². The van der Waals surface area contributed by atoms with Crippen LogP contribution in [0.1, 0.15) is 41.4 Å². The highest BCUT2D eigenvalue weighted by atomic mass is 15.1. The van der Waals surface area contributed by atoms with Crippen molar-refractivity contribution in [3.8, 4) is 11.3 Å². The molecule has 0 amide bonds. The Bertz CT molecular complexity index is 611. The van der Waals surface area contributed by atoms with Crippen molar-refractivity contribution in [2.75, 3.05) is 6.54 Å². The minimum atomic E-state index is 0.416. The summed E-state index contributed by atoms with van der Waals surface area (Å²) < 4.78 is 2.26. The third-order valence-electron chi connectivity index (χ3n) is 4.33. The Morgan fingerprint density at radius 1 is 1.20 bits per heavy atom. The van der Waals surface area contributed by atoms with Gasteiger partial charge in [0.2, 0.25) is 0 Å². The number of benzene rings is 1. The maximum absolute atomic E-state index is 4.68. The molecule has 0 aliphatic carbocycles. The van der Waals surface area contributed by atoms with Crippen molar-refractivity contribution < 1.29 is 0 Å². The monoisotopic (exact) mass is 269 g/mol. The van der Waals surface area contributed by atoms with Crippen molar-refractivity contribution in [3.63, 3.8) is 0 Å². The summed E-state index contributed by atoms with van der Waals surface area (Å²) in [5, 5.41) is 3.53. The van der Waals surface area contributed by atoms with E-state index in [1.165, 1.54) is 40.8 Å². The Hall–Kier alpha value is -1.61. The molecule has 1 fully saturated rings. The summed E-state index contributed by atoms with van der Waals surface area (Å²) in [5.41, 5.74) is 6.54. The van der Waals surface area contributed by atoms with Crippen LogP contribution in [-0.4, -0.2) is 16.1 Å². The fraction of sp³-hybridized carbons (Fsp3) is 0.471. The fourth-order valence-corrected chi connectivity index (χ4v) is 3.47. The highest BCUT2D eigenvalue weighted by Crippen LogP contribution is 2.31. The first-order chi connectivity index (χ1) is 9.58. The molecule has 1 aliphatic heterocycles. The Morgan fingerprint density at radius 3 is 2.50 bits per heavy atom. The molecule has 1 aromatic carbocycles. The van der Waals surface area contributed by atoms with E-state index in [0.717, 1.165) is 12.4 Å². The highest BCUT2D eigenvalue weighted by molar-refractivity contribution is 5.68. The molecule has 1 aromatic heterocycles. The maximum Gasteiger partial charge on any atom is 0.126 e. The molecular weight excluding hydrogens is 246 g/mol. The van der Waals surface area contributed by atoms with E-state index in [1.54, 1.807) is 0 Å². The molecule has 20 heavy (non-hydrogen) atoms. The molecule has 3 rings (SSSR count). The molecule has 1 N–H and O–H groups in total. The summed E-state index contributed by atoms with van der Waals surface area (Å²) in [5.74, 6) is 1.16. The summed E-state index contributed by atoms with van der Waals surface area (Å²) >= 11 is 0. The third-order valence-corrected chi connectivity index (χ3v) is 4.33. The van der Waals surface area contributed by atoms with E-state index in [1.807, 2.05) is 6.20 Å². The summed E-state index contributed by atoms with van der Waals surface area (Å²) in [6.07, 6.45) is 4.46. The molecule has 3 heteroatoms. The number of nitrogens with one attached hydrogen (secondary N) is 1. The smallest absolute Gasteiger partial charge is 0.126 e. The van der Waals surface area contributed by atoms with Gasteiger partial charge >= 0.3 is 0 Å². The zero-order chi connectivity index (χ0) is 14.3. The maximum atomic E-state index is 4.68. The van der Waals surface area contributed by atoms with Crippen LogP contribution in [0.15, 0.2) is 18.3 Å². The zero-order valence-corrected chi connectivity index (χ0v) is 12.8. The average Bonchev–Trinajstić information content (AvgIpc) is 2.99. The molecule has 0 bridgehead atoms. The molecule has 3 nitrogen and oxygen atoms in total. The Balaban J connectivity index is 2.07. The van der Waals surface area contributed by atoms with Gasteiger partial charge in [0.15, 0.2) is 0 Å². The van der Waals surface area contributed by atoms with Crippen LogP contribution in [0, 0.1) is 20.8 Å². The number of nitrogens with zero attached hydrogens (tertiary/aromatic N) is 2. The van der Waals surface area contributed by atoms with Crippen molar-refractivity contribution in [2.24, 2.45) is 7.05 Å². The topological polar surface area (TPSA) is 29.9 Å². The predicted molar refractivity (Wildman–Crippen MR) is 82.8 cm³/mol. The first-order valence-corrected chi connectivity index (χ1v) is 7.41. The fourth-order valence-electron chi connectivity index (χ4n) is 3.47. The van der Waals surface area contributed by atoms with Gasteiger partial charge in [0.05, 0.1) is 17.9 Å². The van der Waals surface area contributed by atoms with Crippen LogP contribution >= 0.6 is 0 Å². The van der Waals surface area contributed by atoms with Crippen LogP contribution in [-0.2, 0) is 7.05 Å². The lowest BCUT2D eigenvalue weighted by Crippen LogP contribution is -2.17. The second-order valence-electron chi connectivity index (χ2n) is 5.98. The number of aryl methyl sites for hydroxylation is 3. The SMILES string of the molecule is Cc1cc(C)c(-c2cnc(C3CCCN3)n2C)c(C)c1. The molecule has 1 atom stereocenters. The standard InChI is InChI=1S/C17H23N3/c1-11-8-12(2)16(13(3)9-11)15-10-19-17(20(15)4)14-6-5-7-18-14/h8-10,14,18H,5-7H2,1-4H3. The van der Waals surface area contributed by atoms with Crippen LogP contribution in [0.2, 0.25) is 0 Å². The number of hydrogen-bond donors (Lipinski definition) is 1. The lowest BCUT2D eigenvalue weighted by molar-refractivity contribution is 0.581. The average molecular weight is 269 g/mol. The van der Waals surface area contributed by atoms with Gasteiger partial charge in [-0.3, -0.25) is 0 Å². The minimum absolute atomic E-state index is 0.416. The Labute approximate surface area is 121 Å². The van der Waals surface area contributed by atoms with Crippen LogP contribution in [0.3, 0.4) is 0 Å². The quantitative estimate of drug-likeness (QED) is 0.905. The van der Waals surface area contributed by atoms with Crippen molar-refractivity contribution in [3.05, 3.63) is 40.8 Å². The first kappa shape index (κ1) is 13.4. The lowest BCUT2D eigenvalue weighted by atomic mass is 9.97. The van der Waals surface area contributed by atoms with Crippen LogP contribution < -0.4 is 5.32 Å². The molecule has 0 spiro atoms. The number of aromatic nitrogens is 2. The zero-order valence-electron chi connectivity index (χ0n) is 12.8. The van der Waals surface area contributed by atoms with Crippen molar-refractivity contribution >= 4 is 0 Å². The summed E-state index contributed by atoms with van der Waals surface area (Å²) in [6, 6.07) is 4.92. The highest BCUT2D eigenvalue weighted by Gasteiger charge is 2.22. The van der Waals surface area contributed by atoms with Crippen LogP contribution in [0.4, 0.5) is 0 Å². The normalized spacial score (nSPS) is 18.7. The summed E-state index contributed by atoms with van der Waals surface area (Å²) in [7, 11) is 2.14. The van der Waals surface area contributed by atoms with Crippen molar-refractivity contribution in [1.29, 1.82) is 0 Å². The first-order valence-electron chi connectivity index (χ1n) is 7.41. The van der Waals surface area contributed by atoms with E-state index in [4.69, 9.17) is 0 Å². The number of hydrogen-bond acceptors (Lipinski definition) is 2. The Morgan fingerprint density at radius 2 is 1.90 bits per heavy atom. The van der Waals surface area contributed by atoms with Gasteiger partial charge in [0.25, 0.3) is 0 Å². The molecule has 1 unspecified atom stereocenters. The second kappa shape index (κ2) is 5.06. The number of imidazole rings is 1. The minimum Gasteiger partial charge on any atom is -0.330 e. The van der Waals surface area contributed by atoms with E-state index in [9.17, 15) is 0 Å². The second-order valence-corrected chi connectivity index (χ2v) is 5.98. The van der Waals surface area contributed by atoms with Gasteiger partial charge < -0.3 is 9.88 Å². The predicted octanol–water partition coefficient (Wildman–Crippen LogP) is 3.44. The molecular formula is C17H23N3. The van der Waals surface area contributed by atoms with Gasteiger partial charge in [-0.05, 0) is 51.3 Å². The summed E-state index contributed by atoms with van der Waals surface area (Å²) in [6.45, 7) is 7.64. The van der Waals surface area contributed by atoms with Crippen molar-refractivity contribution in [2.45, 2.75) is 39.7 Å². The lowest BCUT2D eigenvalue weighted by Gasteiger charge is -2.15. The molecule has 106 valence electrons.